The summed E-state index contributed by atoms with van der Waals surface area (Å²) in [6.45, 7) is 2.04. The van der Waals surface area contributed by atoms with Gasteiger partial charge in [-0.2, -0.15) is 0 Å². The maximum absolute atomic E-state index is 11.4. The minimum atomic E-state index is 0.00102. The SMILES string of the molecule is CC(Nc1cc2c(cc1Cl)NC(=O)C2)c1cccc(Cl)c1. The highest BCUT2D eigenvalue weighted by Gasteiger charge is 2.20. The Hall–Kier alpha value is -1.71. The lowest BCUT2D eigenvalue weighted by molar-refractivity contribution is -0.115. The Bertz CT molecular complexity index is 715. The fraction of sp³-hybridized carbons (Fsp3) is 0.188. The Labute approximate surface area is 133 Å². The van der Waals surface area contributed by atoms with Gasteiger partial charge in [-0.3, -0.25) is 4.79 Å². The summed E-state index contributed by atoms with van der Waals surface area (Å²) >= 11 is 12.3. The van der Waals surface area contributed by atoms with Crippen LogP contribution in [-0.4, -0.2) is 5.91 Å². The van der Waals surface area contributed by atoms with Crippen molar-refractivity contribution in [2.24, 2.45) is 0 Å². The van der Waals surface area contributed by atoms with Gasteiger partial charge in [0.15, 0.2) is 0 Å². The summed E-state index contributed by atoms with van der Waals surface area (Å²) in [6, 6.07) is 11.5. The maximum atomic E-state index is 11.4. The second kappa shape index (κ2) is 5.58. The molecule has 1 heterocycles. The van der Waals surface area contributed by atoms with Crippen molar-refractivity contribution in [1.82, 2.24) is 0 Å². The molecule has 5 heteroatoms. The van der Waals surface area contributed by atoms with E-state index in [0.29, 0.717) is 16.5 Å². The number of nitrogens with one attached hydrogen (secondary N) is 2. The number of fused-ring (bicyclic) bond motifs is 1. The van der Waals surface area contributed by atoms with Crippen LogP contribution in [0, 0.1) is 0 Å². The largest absolute Gasteiger partial charge is 0.377 e. The van der Waals surface area contributed by atoms with E-state index in [1.165, 1.54) is 0 Å². The van der Waals surface area contributed by atoms with E-state index < -0.39 is 0 Å². The van der Waals surface area contributed by atoms with Crippen LogP contribution in [0.25, 0.3) is 0 Å². The summed E-state index contributed by atoms with van der Waals surface area (Å²) in [5.41, 5.74) is 3.66. The van der Waals surface area contributed by atoms with E-state index in [0.717, 1.165) is 22.5 Å². The molecule has 0 aliphatic carbocycles. The molecule has 1 unspecified atom stereocenters. The fourth-order valence-electron chi connectivity index (χ4n) is 2.45. The van der Waals surface area contributed by atoms with Crippen molar-refractivity contribution in [3.8, 4) is 0 Å². The summed E-state index contributed by atoms with van der Waals surface area (Å²) in [7, 11) is 0. The molecule has 0 saturated heterocycles. The molecular weight excluding hydrogens is 307 g/mol. The predicted molar refractivity (Wildman–Crippen MR) is 87.3 cm³/mol. The number of hydrogen-bond donors (Lipinski definition) is 2. The first-order valence-corrected chi connectivity index (χ1v) is 7.43. The first-order valence-electron chi connectivity index (χ1n) is 6.67. The summed E-state index contributed by atoms with van der Waals surface area (Å²) in [5, 5.41) is 7.45. The molecule has 108 valence electrons. The number of amides is 1. The van der Waals surface area contributed by atoms with Gasteiger partial charge in [-0.1, -0.05) is 35.3 Å². The predicted octanol–water partition coefficient (Wildman–Crippen LogP) is 4.66. The summed E-state index contributed by atoms with van der Waals surface area (Å²) < 4.78 is 0. The van der Waals surface area contributed by atoms with E-state index in [4.69, 9.17) is 23.2 Å². The first kappa shape index (κ1) is 14.2. The lowest BCUT2D eigenvalue weighted by Gasteiger charge is -2.18. The molecule has 0 aromatic heterocycles. The molecule has 1 atom stereocenters. The monoisotopic (exact) mass is 320 g/mol. The van der Waals surface area contributed by atoms with Gasteiger partial charge >= 0.3 is 0 Å². The van der Waals surface area contributed by atoms with Gasteiger partial charge in [0.2, 0.25) is 5.91 Å². The van der Waals surface area contributed by atoms with Crippen molar-refractivity contribution < 1.29 is 4.79 Å². The van der Waals surface area contributed by atoms with Gasteiger partial charge in [0.1, 0.15) is 0 Å². The number of hydrogen-bond acceptors (Lipinski definition) is 2. The number of carbonyl (C=O) groups is 1. The van der Waals surface area contributed by atoms with Crippen molar-refractivity contribution in [2.75, 3.05) is 10.6 Å². The van der Waals surface area contributed by atoms with Crippen LogP contribution in [0.2, 0.25) is 10.0 Å². The zero-order chi connectivity index (χ0) is 15.0. The molecule has 0 saturated carbocycles. The van der Waals surface area contributed by atoms with Gasteiger partial charge in [0.05, 0.1) is 17.1 Å². The van der Waals surface area contributed by atoms with E-state index in [1.54, 1.807) is 6.07 Å². The molecule has 1 aliphatic heterocycles. The fourth-order valence-corrected chi connectivity index (χ4v) is 2.87. The molecule has 0 radical (unpaired) electrons. The first-order chi connectivity index (χ1) is 10.0. The third kappa shape index (κ3) is 2.99. The Balaban J connectivity index is 1.85. The number of halogens is 2. The lowest BCUT2D eigenvalue weighted by atomic mass is 10.1. The Kier molecular flexibility index (Phi) is 3.79. The number of anilines is 2. The Morgan fingerprint density at radius 2 is 2.05 bits per heavy atom. The summed E-state index contributed by atoms with van der Waals surface area (Å²) in [5.74, 6) is 0.00102. The van der Waals surface area contributed by atoms with Gasteiger partial charge in [0.25, 0.3) is 0 Å². The Morgan fingerprint density at radius 3 is 2.81 bits per heavy atom. The van der Waals surface area contributed by atoms with Crippen LogP contribution in [0.15, 0.2) is 36.4 Å². The van der Waals surface area contributed by atoms with E-state index in [2.05, 4.69) is 10.6 Å². The number of rotatable bonds is 3. The molecule has 1 aliphatic rings. The maximum Gasteiger partial charge on any atom is 0.228 e. The second-order valence-corrected chi connectivity index (χ2v) is 5.98. The standard InChI is InChI=1S/C16H14Cl2N2O/c1-9(10-3-2-4-12(17)5-10)19-15-6-11-7-16(21)20-14(11)8-13(15)18/h2-6,8-9,19H,7H2,1H3,(H,20,21). The highest BCUT2D eigenvalue weighted by Crippen LogP contribution is 2.34. The summed E-state index contributed by atoms with van der Waals surface area (Å²) in [4.78, 5) is 11.4. The van der Waals surface area contributed by atoms with E-state index in [9.17, 15) is 4.79 Å². The van der Waals surface area contributed by atoms with E-state index in [1.807, 2.05) is 37.3 Å². The average molecular weight is 321 g/mol. The minimum Gasteiger partial charge on any atom is -0.377 e. The molecule has 0 spiro atoms. The molecule has 2 aromatic carbocycles. The molecule has 2 N–H and O–H groups in total. The van der Waals surface area contributed by atoms with Crippen LogP contribution in [0.4, 0.5) is 11.4 Å². The van der Waals surface area contributed by atoms with Gasteiger partial charge in [-0.25, -0.2) is 0 Å². The van der Waals surface area contributed by atoms with E-state index in [-0.39, 0.29) is 11.9 Å². The van der Waals surface area contributed by atoms with Crippen molar-refractivity contribution in [1.29, 1.82) is 0 Å². The molecule has 0 bridgehead atoms. The molecule has 21 heavy (non-hydrogen) atoms. The third-order valence-electron chi connectivity index (χ3n) is 3.54. The molecule has 0 fully saturated rings. The average Bonchev–Trinajstić information content (AvgIpc) is 2.78. The quantitative estimate of drug-likeness (QED) is 0.863. The zero-order valence-electron chi connectivity index (χ0n) is 11.4. The normalized spacial score (nSPS) is 14.5. The van der Waals surface area contributed by atoms with Crippen LogP contribution < -0.4 is 10.6 Å². The van der Waals surface area contributed by atoms with Gasteiger partial charge in [-0.05, 0) is 42.3 Å². The number of carbonyl (C=O) groups excluding carboxylic acids is 1. The summed E-state index contributed by atoms with van der Waals surface area (Å²) in [6.07, 6.45) is 0.396. The molecule has 2 aromatic rings. The van der Waals surface area contributed by atoms with Gasteiger partial charge < -0.3 is 10.6 Å². The van der Waals surface area contributed by atoms with Crippen molar-refractivity contribution in [3.63, 3.8) is 0 Å². The molecule has 3 nitrogen and oxygen atoms in total. The number of benzene rings is 2. The third-order valence-corrected chi connectivity index (χ3v) is 4.09. The van der Waals surface area contributed by atoms with Crippen molar-refractivity contribution in [2.45, 2.75) is 19.4 Å². The topological polar surface area (TPSA) is 41.1 Å². The van der Waals surface area contributed by atoms with Crippen LogP contribution in [0.5, 0.6) is 0 Å². The molecular formula is C16H14Cl2N2O. The highest BCUT2D eigenvalue weighted by molar-refractivity contribution is 6.33. The van der Waals surface area contributed by atoms with Crippen LogP contribution in [0.3, 0.4) is 0 Å². The smallest absolute Gasteiger partial charge is 0.228 e. The van der Waals surface area contributed by atoms with Crippen molar-refractivity contribution >= 4 is 40.5 Å². The zero-order valence-corrected chi connectivity index (χ0v) is 12.9. The van der Waals surface area contributed by atoms with Crippen LogP contribution in [0.1, 0.15) is 24.1 Å². The van der Waals surface area contributed by atoms with Crippen LogP contribution in [-0.2, 0) is 11.2 Å². The highest BCUT2D eigenvalue weighted by atomic mass is 35.5. The van der Waals surface area contributed by atoms with Gasteiger partial charge in [0, 0.05) is 16.8 Å². The van der Waals surface area contributed by atoms with E-state index >= 15 is 0 Å². The molecule has 1 amide bonds. The van der Waals surface area contributed by atoms with Gasteiger partial charge in [-0.15, -0.1) is 0 Å². The van der Waals surface area contributed by atoms with Crippen LogP contribution >= 0.6 is 23.2 Å². The Morgan fingerprint density at radius 1 is 1.24 bits per heavy atom. The minimum absolute atomic E-state index is 0.00102. The molecule has 3 rings (SSSR count). The lowest BCUT2D eigenvalue weighted by Crippen LogP contribution is -2.07. The second-order valence-electron chi connectivity index (χ2n) is 5.14. The van der Waals surface area contributed by atoms with Crippen molar-refractivity contribution in [3.05, 3.63) is 57.6 Å².